The van der Waals surface area contributed by atoms with Gasteiger partial charge in [-0.25, -0.2) is 8.42 Å². The Labute approximate surface area is 113 Å². The first-order chi connectivity index (χ1) is 8.93. The van der Waals surface area contributed by atoms with E-state index in [1.807, 2.05) is 0 Å². The quantitative estimate of drug-likeness (QED) is 0.790. The minimum absolute atomic E-state index is 0.110. The van der Waals surface area contributed by atoms with Crippen LogP contribution in [0.2, 0.25) is 0 Å². The first-order valence-electron chi connectivity index (χ1n) is 6.23. The van der Waals surface area contributed by atoms with E-state index in [0.29, 0.717) is 31.1 Å². The second kappa shape index (κ2) is 5.58. The number of hydrogen-bond donors (Lipinski definition) is 2. The van der Waals surface area contributed by atoms with Crippen LogP contribution in [0.25, 0.3) is 0 Å². The molecule has 0 spiro atoms. The van der Waals surface area contributed by atoms with Crippen LogP contribution in [0.5, 0.6) is 0 Å². The molecule has 108 valence electrons. The van der Waals surface area contributed by atoms with Crippen LogP contribution in [0.3, 0.4) is 0 Å². The van der Waals surface area contributed by atoms with Crippen LogP contribution in [-0.2, 0) is 14.8 Å². The van der Waals surface area contributed by atoms with Gasteiger partial charge in [-0.05, 0) is 13.8 Å². The Morgan fingerprint density at radius 2 is 2.21 bits per heavy atom. The van der Waals surface area contributed by atoms with Gasteiger partial charge in [0.25, 0.3) is 0 Å². The van der Waals surface area contributed by atoms with Gasteiger partial charge in [0.15, 0.2) is 0 Å². The van der Waals surface area contributed by atoms with Crippen LogP contribution in [0, 0.1) is 13.8 Å². The Bertz CT molecular complexity index is 515. The molecule has 1 aliphatic rings. The van der Waals surface area contributed by atoms with Crippen molar-refractivity contribution in [1.29, 1.82) is 0 Å². The summed E-state index contributed by atoms with van der Waals surface area (Å²) in [6.07, 6.45) is -0.110. The predicted molar refractivity (Wildman–Crippen MR) is 70.5 cm³/mol. The largest absolute Gasteiger partial charge is 0.374 e. The topological polar surface area (TPSA) is 87.3 Å². The number of nitrogens with zero attached hydrogens (tertiary/aromatic N) is 2. The number of aromatic nitrogens is 2. The molecular weight excluding hydrogens is 268 g/mol. The number of hydrogen-bond acceptors (Lipinski definition) is 5. The maximum absolute atomic E-state index is 12.5. The summed E-state index contributed by atoms with van der Waals surface area (Å²) < 4.78 is 31.9. The maximum atomic E-state index is 12.5. The minimum Gasteiger partial charge on any atom is -0.374 e. The van der Waals surface area contributed by atoms with Gasteiger partial charge < -0.3 is 10.1 Å². The van der Waals surface area contributed by atoms with Gasteiger partial charge in [-0.15, -0.1) is 0 Å². The standard InChI is InChI=1S/C11H20N4O3S/c1-8-11(9(2)14-13-8)19(16,17)15(3)7-10-6-12-4-5-18-10/h10,12H,4-7H2,1-3H3,(H,13,14). The highest BCUT2D eigenvalue weighted by Gasteiger charge is 2.29. The van der Waals surface area contributed by atoms with Crippen molar-refractivity contribution in [3.63, 3.8) is 0 Å². The van der Waals surface area contributed by atoms with Gasteiger partial charge >= 0.3 is 0 Å². The molecule has 7 nitrogen and oxygen atoms in total. The van der Waals surface area contributed by atoms with Crippen molar-refractivity contribution in [2.24, 2.45) is 0 Å². The molecule has 0 amide bonds. The monoisotopic (exact) mass is 288 g/mol. The van der Waals surface area contributed by atoms with Gasteiger partial charge in [-0.1, -0.05) is 0 Å². The zero-order chi connectivity index (χ0) is 14.0. The van der Waals surface area contributed by atoms with Crippen LogP contribution < -0.4 is 5.32 Å². The lowest BCUT2D eigenvalue weighted by atomic mass is 10.3. The third kappa shape index (κ3) is 2.97. The summed E-state index contributed by atoms with van der Waals surface area (Å²) in [6.45, 7) is 5.82. The Morgan fingerprint density at radius 1 is 1.47 bits per heavy atom. The molecule has 0 aromatic carbocycles. The van der Waals surface area contributed by atoms with Crippen LogP contribution in [-0.4, -0.2) is 62.3 Å². The van der Waals surface area contributed by atoms with Gasteiger partial charge in [-0.3, -0.25) is 5.10 Å². The van der Waals surface area contributed by atoms with Crippen molar-refractivity contribution in [2.45, 2.75) is 24.8 Å². The molecule has 0 aliphatic carbocycles. The van der Waals surface area contributed by atoms with E-state index in [2.05, 4.69) is 15.5 Å². The Balaban J connectivity index is 2.15. The molecule has 1 aliphatic heterocycles. The van der Waals surface area contributed by atoms with Gasteiger partial charge in [0, 0.05) is 26.7 Å². The van der Waals surface area contributed by atoms with Gasteiger partial charge in [0.2, 0.25) is 10.0 Å². The first kappa shape index (κ1) is 14.4. The fraction of sp³-hybridized carbons (Fsp3) is 0.727. The molecular formula is C11H20N4O3S. The molecule has 0 saturated carbocycles. The number of aryl methyl sites for hydroxylation is 2. The second-order valence-corrected chi connectivity index (χ2v) is 6.73. The zero-order valence-electron chi connectivity index (χ0n) is 11.4. The molecule has 0 radical (unpaired) electrons. The predicted octanol–water partition coefficient (Wildman–Crippen LogP) is -0.365. The lowest BCUT2D eigenvalue weighted by Crippen LogP contribution is -2.45. The number of H-pyrrole nitrogens is 1. The van der Waals surface area contributed by atoms with Crippen molar-refractivity contribution < 1.29 is 13.2 Å². The number of morpholine rings is 1. The van der Waals surface area contributed by atoms with Crippen molar-refractivity contribution in [2.75, 3.05) is 33.3 Å². The Hall–Kier alpha value is -0.960. The van der Waals surface area contributed by atoms with E-state index in [-0.39, 0.29) is 11.0 Å². The average Bonchev–Trinajstić information content (AvgIpc) is 2.70. The van der Waals surface area contributed by atoms with Crippen molar-refractivity contribution >= 4 is 10.0 Å². The smallest absolute Gasteiger partial charge is 0.246 e. The molecule has 1 fully saturated rings. The van der Waals surface area contributed by atoms with Crippen molar-refractivity contribution in [3.05, 3.63) is 11.4 Å². The summed E-state index contributed by atoms with van der Waals surface area (Å²) in [5.41, 5.74) is 1.05. The zero-order valence-corrected chi connectivity index (χ0v) is 12.2. The number of aromatic amines is 1. The number of likely N-dealkylation sites (N-methyl/N-ethyl adjacent to an activating group) is 1. The number of nitrogens with one attached hydrogen (secondary N) is 2. The molecule has 1 atom stereocenters. The third-order valence-corrected chi connectivity index (χ3v) is 5.28. The average molecular weight is 288 g/mol. The molecule has 19 heavy (non-hydrogen) atoms. The molecule has 0 bridgehead atoms. The Morgan fingerprint density at radius 3 is 2.74 bits per heavy atom. The Kier molecular flexibility index (Phi) is 4.24. The minimum atomic E-state index is -3.52. The van der Waals surface area contributed by atoms with E-state index in [4.69, 9.17) is 4.74 Å². The fourth-order valence-corrected chi connectivity index (χ4v) is 3.72. The molecule has 2 heterocycles. The number of sulfonamides is 1. The van der Waals surface area contributed by atoms with Crippen LogP contribution >= 0.6 is 0 Å². The lowest BCUT2D eigenvalue weighted by molar-refractivity contribution is 0.0206. The van der Waals surface area contributed by atoms with Crippen LogP contribution in [0.1, 0.15) is 11.4 Å². The SMILES string of the molecule is Cc1n[nH]c(C)c1S(=O)(=O)N(C)CC1CNCCO1. The molecule has 2 rings (SSSR count). The van der Waals surface area contributed by atoms with E-state index >= 15 is 0 Å². The number of rotatable bonds is 4. The van der Waals surface area contributed by atoms with Crippen LogP contribution in [0.15, 0.2) is 4.90 Å². The molecule has 1 aromatic rings. The van der Waals surface area contributed by atoms with Gasteiger partial charge in [0.05, 0.1) is 24.1 Å². The van der Waals surface area contributed by atoms with Gasteiger partial charge in [-0.2, -0.15) is 9.40 Å². The molecule has 1 aromatic heterocycles. The lowest BCUT2D eigenvalue weighted by Gasteiger charge is -2.27. The summed E-state index contributed by atoms with van der Waals surface area (Å²) in [7, 11) is -1.96. The summed E-state index contributed by atoms with van der Waals surface area (Å²) in [4.78, 5) is 0.263. The van der Waals surface area contributed by atoms with Crippen molar-refractivity contribution in [1.82, 2.24) is 19.8 Å². The van der Waals surface area contributed by atoms with E-state index in [1.54, 1.807) is 20.9 Å². The van der Waals surface area contributed by atoms with Gasteiger partial charge in [0.1, 0.15) is 4.90 Å². The van der Waals surface area contributed by atoms with E-state index in [1.165, 1.54) is 4.31 Å². The molecule has 1 unspecified atom stereocenters. The highest BCUT2D eigenvalue weighted by Crippen LogP contribution is 2.20. The summed E-state index contributed by atoms with van der Waals surface area (Å²) in [5.74, 6) is 0. The normalized spacial score (nSPS) is 20.9. The first-order valence-corrected chi connectivity index (χ1v) is 7.67. The summed E-state index contributed by atoms with van der Waals surface area (Å²) in [6, 6.07) is 0. The van der Waals surface area contributed by atoms with E-state index in [9.17, 15) is 8.42 Å². The van der Waals surface area contributed by atoms with Crippen molar-refractivity contribution in [3.8, 4) is 0 Å². The van der Waals surface area contributed by atoms with Crippen LogP contribution in [0.4, 0.5) is 0 Å². The second-order valence-electron chi connectivity index (χ2n) is 4.75. The van der Waals surface area contributed by atoms with E-state index in [0.717, 1.165) is 6.54 Å². The fourth-order valence-electron chi connectivity index (χ4n) is 2.20. The molecule has 1 saturated heterocycles. The highest BCUT2D eigenvalue weighted by molar-refractivity contribution is 7.89. The molecule has 2 N–H and O–H groups in total. The number of ether oxygens (including phenoxy) is 1. The summed E-state index contributed by atoms with van der Waals surface area (Å²) in [5, 5.41) is 9.82. The molecule has 8 heteroatoms. The van der Waals surface area contributed by atoms with E-state index < -0.39 is 10.0 Å². The third-order valence-electron chi connectivity index (χ3n) is 3.19. The summed E-state index contributed by atoms with van der Waals surface area (Å²) >= 11 is 0. The highest BCUT2D eigenvalue weighted by atomic mass is 32.2. The maximum Gasteiger partial charge on any atom is 0.246 e.